The quantitative estimate of drug-likeness (QED) is 0.266. The molecule has 1 aromatic carbocycles. The van der Waals surface area contributed by atoms with Crippen LogP contribution in [-0.4, -0.2) is 73.7 Å². The summed E-state index contributed by atoms with van der Waals surface area (Å²) >= 11 is 0. The fourth-order valence-corrected chi connectivity index (χ4v) is 6.41. The van der Waals surface area contributed by atoms with Gasteiger partial charge in [-0.3, -0.25) is 23.9 Å². The fraction of sp³-hybridized carbons (Fsp3) is 0.419. The molecule has 7 rings (SSSR count). The second-order valence-corrected chi connectivity index (χ2v) is 11.9. The Balaban J connectivity index is 1.19. The Kier molecular flexibility index (Phi) is 7.04. The molecule has 0 radical (unpaired) electrons. The molecule has 1 saturated heterocycles. The number of rotatable bonds is 9. The van der Waals surface area contributed by atoms with E-state index in [0.717, 1.165) is 67.1 Å². The van der Waals surface area contributed by atoms with Crippen LogP contribution in [0.15, 0.2) is 42.7 Å². The average Bonchev–Trinajstić information content (AvgIpc) is 3.65. The van der Waals surface area contributed by atoms with Gasteiger partial charge in [0.2, 0.25) is 5.91 Å². The van der Waals surface area contributed by atoms with Crippen LogP contribution < -0.4 is 20.9 Å². The van der Waals surface area contributed by atoms with Crippen molar-refractivity contribution in [2.24, 2.45) is 13.0 Å². The Hall–Kier alpha value is -4.78. The van der Waals surface area contributed by atoms with Crippen molar-refractivity contribution in [1.82, 2.24) is 40.0 Å². The number of anilines is 4. The van der Waals surface area contributed by atoms with E-state index in [-0.39, 0.29) is 29.5 Å². The van der Waals surface area contributed by atoms with Gasteiger partial charge in [-0.15, -0.1) is 10.2 Å². The first-order chi connectivity index (χ1) is 21.3. The fourth-order valence-electron chi connectivity index (χ4n) is 6.41. The number of fused-ring (bicyclic) bond motifs is 3. The van der Waals surface area contributed by atoms with Crippen molar-refractivity contribution in [1.29, 1.82) is 0 Å². The highest BCUT2D eigenvalue weighted by atomic mass is 16.2. The molecule has 44 heavy (non-hydrogen) atoms. The zero-order chi connectivity index (χ0) is 30.5. The predicted molar refractivity (Wildman–Crippen MR) is 167 cm³/mol. The third-order valence-electron chi connectivity index (χ3n) is 8.83. The molecule has 3 N–H and O–H groups in total. The zero-order valence-corrected chi connectivity index (χ0v) is 25.4. The summed E-state index contributed by atoms with van der Waals surface area (Å²) < 4.78 is 4.07. The van der Waals surface area contributed by atoms with Crippen LogP contribution in [0, 0.1) is 5.92 Å². The molecule has 1 aliphatic carbocycles. The van der Waals surface area contributed by atoms with Gasteiger partial charge in [0.25, 0.3) is 5.91 Å². The molecule has 3 aromatic heterocycles. The molecule has 1 unspecified atom stereocenters. The number of para-hydroxylation sites is 1. The van der Waals surface area contributed by atoms with Crippen molar-refractivity contribution >= 4 is 34.7 Å². The highest BCUT2D eigenvalue weighted by Gasteiger charge is 2.38. The van der Waals surface area contributed by atoms with E-state index in [0.29, 0.717) is 17.5 Å². The monoisotopic (exact) mass is 595 g/mol. The first-order valence-corrected chi connectivity index (χ1v) is 15.2. The number of nitrogens with one attached hydrogen (secondary N) is 3. The van der Waals surface area contributed by atoms with E-state index in [1.165, 1.54) is 5.69 Å². The largest absolute Gasteiger partial charge is 0.364 e. The van der Waals surface area contributed by atoms with Crippen LogP contribution in [0.3, 0.4) is 0 Å². The van der Waals surface area contributed by atoms with Crippen molar-refractivity contribution in [3.05, 3.63) is 59.8 Å². The van der Waals surface area contributed by atoms with Crippen LogP contribution in [0.4, 0.5) is 22.9 Å². The summed E-state index contributed by atoms with van der Waals surface area (Å²) in [6, 6.07) is 10.3. The number of likely N-dealkylation sites (tertiary alicyclic amines) is 1. The summed E-state index contributed by atoms with van der Waals surface area (Å²) in [5.74, 6) is -0.114. The second-order valence-electron chi connectivity index (χ2n) is 11.9. The van der Waals surface area contributed by atoms with E-state index in [1.807, 2.05) is 36.3 Å². The summed E-state index contributed by atoms with van der Waals surface area (Å²) in [7, 11) is 5.61. The minimum atomic E-state index is -0.370. The van der Waals surface area contributed by atoms with Crippen LogP contribution >= 0.6 is 0 Å². The van der Waals surface area contributed by atoms with Gasteiger partial charge in [-0.1, -0.05) is 19.1 Å². The summed E-state index contributed by atoms with van der Waals surface area (Å²) in [5, 5.41) is 26.7. The van der Waals surface area contributed by atoms with E-state index < -0.39 is 0 Å². The lowest BCUT2D eigenvalue weighted by Crippen LogP contribution is -2.48. The molecule has 2 fully saturated rings. The standard InChI is InChI=1S/C31H37N11O2/c1-5-25-29-22(14-33-42(29)20-16-41(17-20)15-19-11-12-39(3)38-19)21-7-6-8-23(28(21)40(25)4)34-24-13-26(35-30(43)18-9-10-18)36-37-27(24)31(44)32-2/h6-8,11-14,18,20,25H,5,9-10,15-17H2,1-4H3,(H,32,44)(H2,34,35,36,43). The van der Waals surface area contributed by atoms with E-state index in [2.05, 4.69) is 71.8 Å². The molecule has 1 saturated carbocycles. The van der Waals surface area contributed by atoms with Crippen molar-refractivity contribution in [2.45, 2.75) is 44.8 Å². The van der Waals surface area contributed by atoms with Gasteiger partial charge in [0.05, 0.1) is 46.7 Å². The Morgan fingerprint density at radius 2 is 1.86 bits per heavy atom. The van der Waals surface area contributed by atoms with Crippen LogP contribution in [0.25, 0.3) is 11.1 Å². The Morgan fingerprint density at radius 3 is 2.57 bits per heavy atom. The number of aromatic nitrogens is 6. The maximum atomic E-state index is 12.7. The van der Waals surface area contributed by atoms with Gasteiger partial charge in [-0.2, -0.15) is 10.2 Å². The number of hydrogen-bond donors (Lipinski definition) is 3. The third-order valence-corrected chi connectivity index (χ3v) is 8.83. The zero-order valence-electron chi connectivity index (χ0n) is 25.4. The molecule has 1 atom stereocenters. The van der Waals surface area contributed by atoms with Gasteiger partial charge in [0.15, 0.2) is 11.5 Å². The van der Waals surface area contributed by atoms with Crippen molar-refractivity contribution in [2.75, 3.05) is 42.7 Å². The normalized spacial score (nSPS) is 17.9. The molecule has 2 aliphatic heterocycles. The minimum absolute atomic E-state index is 0.0200. The van der Waals surface area contributed by atoms with Gasteiger partial charge in [0, 0.05) is 70.1 Å². The van der Waals surface area contributed by atoms with Gasteiger partial charge < -0.3 is 20.9 Å². The maximum Gasteiger partial charge on any atom is 0.273 e. The lowest BCUT2D eigenvalue weighted by molar-refractivity contribution is -0.117. The molecule has 2 amide bonds. The number of benzene rings is 1. The third kappa shape index (κ3) is 4.96. The van der Waals surface area contributed by atoms with Crippen LogP contribution in [0.5, 0.6) is 0 Å². The van der Waals surface area contributed by atoms with Crippen molar-refractivity contribution < 1.29 is 9.59 Å². The number of amides is 2. The Labute approximate surface area is 255 Å². The van der Waals surface area contributed by atoms with E-state index in [9.17, 15) is 9.59 Å². The maximum absolute atomic E-state index is 12.7. The van der Waals surface area contributed by atoms with Crippen molar-refractivity contribution in [3.63, 3.8) is 0 Å². The first-order valence-electron chi connectivity index (χ1n) is 15.2. The van der Waals surface area contributed by atoms with Gasteiger partial charge >= 0.3 is 0 Å². The molecule has 13 heteroatoms. The van der Waals surface area contributed by atoms with E-state index >= 15 is 0 Å². The Bertz CT molecular complexity index is 1730. The van der Waals surface area contributed by atoms with Crippen LogP contribution in [0.2, 0.25) is 0 Å². The molecule has 13 nitrogen and oxygen atoms in total. The summed E-state index contributed by atoms with van der Waals surface area (Å²) in [6.45, 7) is 4.89. The topological polar surface area (TPSA) is 138 Å². The molecular weight excluding hydrogens is 558 g/mol. The molecule has 228 valence electrons. The predicted octanol–water partition coefficient (Wildman–Crippen LogP) is 3.48. The smallest absolute Gasteiger partial charge is 0.273 e. The molecule has 4 aromatic rings. The molecular formula is C31H37N11O2. The lowest BCUT2D eigenvalue weighted by Gasteiger charge is -2.42. The van der Waals surface area contributed by atoms with Gasteiger partial charge in [-0.25, -0.2) is 0 Å². The van der Waals surface area contributed by atoms with Crippen LogP contribution in [0.1, 0.15) is 60.1 Å². The summed E-state index contributed by atoms with van der Waals surface area (Å²) in [4.78, 5) is 29.9. The number of aryl methyl sites for hydroxylation is 1. The highest BCUT2D eigenvalue weighted by molar-refractivity contribution is 6.01. The number of carbonyl (C=O) groups excluding carboxylic acids is 2. The summed E-state index contributed by atoms with van der Waals surface area (Å²) in [5.41, 5.74) is 6.94. The van der Waals surface area contributed by atoms with Crippen molar-refractivity contribution in [3.8, 4) is 11.1 Å². The highest BCUT2D eigenvalue weighted by Crippen LogP contribution is 2.50. The second kappa shape index (κ2) is 11.1. The first kappa shape index (κ1) is 28.0. The molecule has 5 heterocycles. The summed E-state index contributed by atoms with van der Waals surface area (Å²) in [6.07, 6.45) is 6.62. The molecule has 3 aliphatic rings. The van der Waals surface area contributed by atoms with E-state index in [1.54, 1.807) is 13.1 Å². The van der Waals surface area contributed by atoms with E-state index in [4.69, 9.17) is 5.10 Å². The number of hydrogen-bond acceptors (Lipinski definition) is 9. The Morgan fingerprint density at radius 1 is 1.05 bits per heavy atom. The van der Waals surface area contributed by atoms with Crippen LogP contribution in [-0.2, 0) is 18.4 Å². The van der Waals surface area contributed by atoms with Gasteiger partial charge in [0.1, 0.15) is 0 Å². The average molecular weight is 596 g/mol. The minimum Gasteiger partial charge on any atom is -0.364 e. The molecule has 0 bridgehead atoms. The SMILES string of the molecule is CCC1c2c(cnn2C2CN(Cc3ccn(C)n3)C2)-c2cccc(Nc3cc(NC(=O)C4CC4)nnc3C(=O)NC)c2N1C. The number of nitrogens with zero attached hydrogens (tertiary/aromatic N) is 8. The number of carbonyl (C=O) groups is 2. The van der Waals surface area contributed by atoms with Gasteiger partial charge in [-0.05, 0) is 31.4 Å². The molecule has 0 spiro atoms. The lowest BCUT2D eigenvalue weighted by atomic mass is 9.91.